The Labute approximate surface area is 157 Å². The highest BCUT2D eigenvalue weighted by molar-refractivity contribution is 7.97. The van der Waals surface area contributed by atoms with Gasteiger partial charge in [-0.05, 0) is 43.8 Å². The highest BCUT2D eigenvalue weighted by atomic mass is 32.2. The smallest absolute Gasteiger partial charge is 0.0962 e. The second-order valence-corrected chi connectivity index (χ2v) is 9.14. The Morgan fingerprint density at radius 3 is 2.76 bits per heavy atom. The molecule has 0 radical (unpaired) electrons. The van der Waals surface area contributed by atoms with Crippen LogP contribution in [0, 0.1) is 0 Å². The summed E-state index contributed by atoms with van der Waals surface area (Å²) in [7, 11) is 0. The Bertz CT molecular complexity index is 736. The molecule has 1 saturated heterocycles. The maximum atomic E-state index is 5.97. The molecule has 0 atom stereocenters. The molecule has 1 saturated carbocycles. The first-order valence-electron chi connectivity index (χ1n) is 9.00. The van der Waals surface area contributed by atoms with Gasteiger partial charge in [0.15, 0.2) is 0 Å². The van der Waals surface area contributed by atoms with Crippen molar-refractivity contribution < 1.29 is 4.74 Å². The average molecular weight is 376 g/mol. The molecule has 1 aliphatic carbocycles. The summed E-state index contributed by atoms with van der Waals surface area (Å²) >= 11 is 3.14. The molecule has 0 spiro atoms. The van der Waals surface area contributed by atoms with Gasteiger partial charge in [0.1, 0.15) is 0 Å². The molecule has 0 unspecified atom stereocenters. The van der Waals surface area contributed by atoms with Crippen molar-refractivity contribution in [3.05, 3.63) is 29.4 Å². The first-order valence-corrected chi connectivity index (χ1v) is 10.7. The van der Waals surface area contributed by atoms with Gasteiger partial charge in [-0.2, -0.15) is 0 Å². The van der Waals surface area contributed by atoms with E-state index in [0.29, 0.717) is 5.92 Å². The molecule has 1 aromatic carbocycles. The van der Waals surface area contributed by atoms with Crippen LogP contribution in [0.1, 0.15) is 50.0 Å². The van der Waals surface area contributed by atoms with Crippen molar-refractivity contribution in [2.45, 2.75) is 55.4 Å². The second-order valence-electron chi connectivity index (χ2n) is 7.40. The summed E-state index contributed by atoms with van der Waals surface area (Å²) in [6.45, 7) is 3.68. The van der Waals surface area contributed by atoms with Crippen molar-refractivity contribution in [2.75, 3.05) is 18.5 Å². The molecular formula is C19H25N3OS2. The van der Waals surface area contributed by atoms with Crippen LogP contribution in [0.3, 0.4) is 0 Å². The Kier molecular flexibility index (Phi) is 5.04. The van der Waals surface area contributed by atoms with Gasteiger partial charge in [0.2, 0.25) is 0 Å². The summed E-state index contributed by atoms with van der Waals surface area (Å²) in [4.78, 5) is 7.04. The third-order valence-electron chi connectivity index (χ3n) is 5.14. The van der Waals surface area contributed by atoms with E-state index < -0.39 is 0 Å². The van der Waals surface area contributed by atoms with Crippen LogP contribution >= 0.6 is 23.3 Å². The van der Waals surface area contributed by atoms with E-state index in [2.05, 4.69) is 30.4 Å². The van der Waals surface area contributed by atoms with Gasteiger partial charge in [-0.25, -0.2) is 4.98 Å². The van der Waals surface area contributed by atoms with Crippen LogP contribution in [-0.2, 0) is 4.74 Å². The van der Waals surface area contributed by atoms with Crippen molar-refractivity contribution in [2.24, 2.45) is 5.14 Å². The normalized spacial score (nSPS) is 20.2. The molecule has 25 heavy (non-hydrogen) atoms. The van der Waals surface area contributed by atoms with Gasteiger partial charge in [0, 0.05) is 28.3 Å². The number of nitrogens with one attached hydrogen (secondary N) is 1. The molecule has 2 aromatic rings. The van der Waals surface area contributed by atoms with E-state index in [-0.39, 0.29) is 5.54 Å². The molecule has 4 rings (SSSR count). The number of benzene rings is 1. The number of aromatic nitrogens is 1. The molecule has 3 N–H and O–H groups in total. The number of ether oxygens (including phenoxy) is 1. The monoisotopic (exact) mass is 375 g/mol. The van der Waals surface area contributed by atoms with E-state index >= 15 is 0 Å². The Balaban J connectivity index is 1.56. The van der Waals surface area contributed by atoms with Crippen LogP contribution in [0.2, 0.25) is 0 Å². The number of nitrogens with two attached hydrogens (primary N) is 1. The zero-order valence-corrected chi connectivity index (χ0v) is 16.2. The van der Waals surface area contributed by atoms with E-state index in [1.54, 1.807) is 0 Å². The molecule has 134 valence electrons. The molecule has 4 nitrogen and oxygen atoms in total. The molecule has 1 aliphatic heterocycles. The Morgan fingerprint density at radius 2 is 2.08 bits per heavy atom. The Morgan fingerprint density at radius 1 is 1.28 bits per heavy atom. The first kappa shape index (κ1) is 17.3. The minimum Gasteiger partial charge on any atom is -0.376 e. The SMILES string of the molecule is CC1(Nc2ccc(-c3cnc(C4CCCCC4)s3)c(SN)c2)COC1. The zero-order valence-electron chi connectivity index (χ0n) is 14.6. The lowest BCUT2D eigenvalue weighted by Crippen LogP contribution is -2.53. The van der Waals surface area contributed by atoms with Crippen LogP contribution in [0.25, 0.3) is 10.4 Å². The highest BCUT2D eigenvalue weighted by Crippen LogP contribution is 2.40. The number of hydrogen-bond donors (Lipinski definition) is 2. The molecule has 0 amide bonds. The number of thiazole rings is 1. The van der Waals surface area contributed by atoms with E-state index in [9.17, 15) is 0 Å². The van der Waals surface area contributed by atoms with Crippen molar-refractivity contribution in [1.82, 2.24) is 4.98 Å². The maximum Gasteiger partial charge on any atom is 0.0962 e. The van der Waals surface area contributed by atoms with Gasteiger partial charge in [0.25, 0.3) is 0 Å². The third-order valence-corrected chi connectivity index (χ3v) is 6.92. The van der Waals surface area contributed by atoms with Crippen LogP contribution in [0.4, 0.5) is 5.69 Å². The van der Waals surface area contributed by atoms with Gasteiger partial charge in [-0.15, -0.1) is 11.3 Å². The number of rotatable bonds is 5. The molecule has 6 heteroatoms. The summed E-state index contributed by atoms with van der Waals surface area (Å²) in [5.74, 6) is 0.654. The van der Waals surface area contributed by atoms with Crippen LogP contribution in [0.5, 0.6) is 0 Å². The molecular weight excluding hydrogens is 350 g/mol. The van der Waals surface area contributed by atoms with E-state index in [4.69, 9.17) is 14.9 Å². The summed E-state index contributed by atoms with van der Waals surface area (Å²) in [6, 6.07) is 6.45. The lowest BCUT2D eigenvalue weighted by Gasteiger charge is -2.39. The second kappa shape index (κ2) is 7.27. The average Bonchev–Trinajstić information content (AvgIpc) is 3.11. The largest absolute Gasteiger partial charge is 0.376 e. The standard InChI is InChI=1S/C19H25N3OS2/c1-19(11-23-12-19)22-14-7-8-15(16(9-14)25-20)17-10-21-18(24-17)13-5-3-2-4-6-13/h7-10,13,22H,2-6,11-12,20H2,1H3. The fourth-order valence-electron chi connectivity index (χ4n) is 3.68. The number of nitrogens with zero attached hydrogens (tertiary/aromatic N) is 1. The lowest BCUT2D eigenvalue weighted by atomic mass is 9.90. The van der Waals surface area contributed by atoms with E-state index in [1.165, 1.54) is 59.5 Å². The number of hydrogen-bond acceptors (Lipinski definition) is 6. The lowest BCUT2D eigenvalue weighted by molar-refractivity contribution is -0.0318. The summed E-state index contributed by atoms with van der Waals surface area (Å²) in [5.41, 5.74) is 2.32. The minimum absolute atomic E-state index is 0.0384. The first-order chi connectivity index (χ1) is 12.2. The molecule has 0 bridgehead atoms. The van der Waals surface area contributed by atoms with E-state index in [1.807, 2.05) is 17.5 Å². The predicted octanol–water partition coefficient (Wildman–Crippen LogP) is 5.02. The summed E-state index contributed by atoms with van der Waals surface area (Å²) < 4.78 is 5.32. The molecule has 2 fully saturated rings. The van der Waals surface area contributed by atoms with Gasteiger partial charge < -0.3 is 10.1 Å². The van der Waals surface area contributed by atoms with Crippen molar-refractivity contribution in [3.63, 3.8) is 0 Å². The van der Waals surface area contributed by atoms with Crippen LogP contribution < -0.4 is 10.5 Å². The van der Waals surface area contributed by atoms with Gasteiger partial charge in [-0.1, -0.05) is 25.3 Å². The number of anilines is 1. The van der Waals surface area contributed by atoms with Crippen molar-refractivity contribution in [1.29, 1.82) is 0 Å². The molecule has 1 aromatic heterocycles. The Hall–Kier alpha value is -1.08. The third kappa shape index (κ3) is 3.72. The van der Waals surface area contributed by atoms with Gasteiger partial charge in [0.05, 0.1) is 28.6 Å². The van der Waals surface area contributed by atoms with Crippen LogP contribution in [-0.4, -0.2) is 23.7 Å². The van der Waals surface area contributed by atoms with E-state index in [0.717, 1.165) is 23.8 Å². The summed E-state index contributed by atoms with van der Waals surface area (Å²) in [6.07, 6.45) is 8.65. The predicted molar refractivity (Wildman–Crippen MR) is 106 cm³/mol. The zero-order chi connectivity index (χ0) is 17.3. The molecule has 2 heterocycles. The fourth-order valence-corrected chi connectivity index (χ4v) is 5.37. The van der Waals surface area contributed by atoms with Gasteiger partial charge in [-0.3, -0.25) is 5.14 Å². The maximum absolute atomic E-state index is 5.97. The van der Waals surface area contributed by atoms with Crippen LogP contribution in [0.15, 0.2) is 29.3 Å². The molecule has 2 aliphatic rings. The highest BCUT2D eigenvalue weighted by Gasteiger charge is 2.33. The minimum atomic E-state index is 0.0384. The fraction of sp³-hybridized carbons (Fsp3) is 0.526. The topological polar surface area (TPSA) is 60.2 Å². The van der Waals surface area contributed by atoms with Crippen molar-refractivity contribution >= 4 is 29.0 Å². The van der Waals surface area contributed by atoms with Crippen molar-refractivity contribution in [3.8, 4) is 10.4 Å². The summed E-state index contributed by atoms with van der Waals surface area (Å²) in [5, 5.41) is 10.8. The van der Waals surface area contributed by atoms with Gasteiger partial charge >= 0.3 is 0 Å². The quantitative estimate of drug-likeness (QED) is 0.718.